The largest absolute Gasteiger partial charge is 0.497 e. The normalized spacial score (nSPS) is 14.5. The van der Waals surface area contributed by atoms with Crippen LogP contribution in [0.15, 0.2) is 76.3 Å². The van der Waals surface area contributed by atoms with Gasteiger partial charge in [-0.05, 0) is 54.8 Å². The van der Waals surface area contributed by atoms with Gasteiger partial charge in [-0.3, -0.25) is 19.0 Å². The molecule has 1 atom stereocenters. The average molecular weight is 573 g/mol. The van der Waals surface area contributed by atoms with E-state index in [1.807, 2.05) is 0 Å². The van der Waals surface area contributed by atoms with E-state index in [1.165, 1.54) is 18.8 Å². The van der Waals surface area contributed by atoms with Gasteiger partial charge in [0, 0.05) is 19.2 Å². The average Bonchev–Trinajstić information content (AvgIpc) is 3.53. The fourth-order valence-electron chi connectivity index (χ4n) is 4.98. The van der Waals surface area contributed by atoms with Crippen molar-refractivity contribution in [1.82, 2.24) is 14.5 Å². The number of fused-ring (bicyclic) bond motifs is 1. The molecule has 0 bridgehead atoms. The van der Waals surface area contributed by atoms with Crippen LogP contribution in [0.1, 0.15) is 18.4 Å². The van der Waals surface area contributed by atoms with Gasteiger partial charge in [0.05, 0.1) is 49.0 Å². The highest BCUT2D eigenvalue weighted by molar-refractivity contribution is 5.93. The van der Waals surface area contributed by atoms with Crippen molar-refractivity contribution in [3.8, 4) is 17.2 Å². The molecule has 2 amide bonds. The molecule has 1 aromatic heterocycles. The molecule has 1 aliphatic rings. The molecule has 1 fully saturated rings. The molecule has 1 saturated heterocycles. The monoisotopic (exact) mass is 572 g/mol. The van der Waals surface area contributed by atoms with E-state index in [2.05, 4.69) is 10.6 Å². The molecule has 1 unspecified atom stereocenters. The maximum absolute atomic E-state index is 13.7. The van der Waals surface area contributed by atoms with Crippen LogP contribution in [-0.2, 0) is 27.3 Å². The third kappa shape index (κ3) is 6.21. The summed E-state index contributed by atoms with van der Waals surface area (Å²) in [5.74, 6) is 0.332. The highest BCUT2D eigenvalue weighted by Gasteiger charge is 2.19. The van der Waals surface area contributed by atoms with Gasteiger partial charge in [0.15, 0.2) is 0 Å². The number of para-hydroxylation sites is 1. The maximum Gasteiger partial charge on any atom is 0.336 e. The van der Waals surface area contributed by atoms with E-state index in [4.69, 9.17) is 14.2 Å². The van der Waals surface area contributed by atoms with Crippen LogP contribution < -0.4 is 31.4 Å². The maximum atomic E-state index is 13.7. The quantitative estimate of drug-likeness (QED) is 0.299. The molecule has 4 aromatic rings. The second-order valence-electron chi connectivity index (χ2n) is 9.92. The summed E-state index contributed by atoms with van der Waals surface area (Å²) in [5.41, 5.74) is 0.615. The van der Waals surface area contributed by atoms with Crippen LogP contribution in [0.3, 0.4) is 0 Å². The Labute approximate surface area is 241 Å². The molecule has 0 saturated carbocycles. The first-order valence-electron chi connectivity index (χ1n) is 13.6. The van der Waals surface area contributed by atoms with Crippen LogP contribution in [0.5, 0.6) is 11.5 Å². The SMILES string of the molecule is COc1ccc(NC(=O)Cn2c(=O)n(-c3ccc(CC(=O)NCC4CCCO4)cc3)c(=O)c3ccccc32)c(OC)c1. The third-order valence-electron chi connectivity index (χ3n) is 7.15. The number of anilines is 1. The summed E-state index contributed by atoms with van der Waals surface area (Å²) in [4.78, 5) is 52.7. The Morgan fingerprint density at radius 2 is 1.76 bits per heavy atom. The Balaban J connectivity index is 1.40. The van der Waals surface area contributed by atoms with Gasteiger partial charge in [0.25, 0.3) is 5.56 Å². The second-order valence-corrected chi connectivity index (χ2v) is 9.92. The molecule has 42 heavy (non-hydrogen) atoms. The second kappa shape index (κ2) is 12.7. The summed E-state index contributed by atoms with van der Waals surface area (Å²) < 4.78 is 18.4. The van der Waals surface area contributed by atoms with Crippen molar-refractivity contribution in [2.45, 2.75) is 31.9 Å². The number of carbonyl (C=O) groups is 2. The van der Waals surface area contributed by atoms with Gasteiger partial charge in [-0.25, -0.2) is 9.36 Å². The summed E-state index contributed by atoms with van der Waals surface area (Å²) in [7, 11) is 3.00. The van der Waals surface area contributed by atoms with Gasteiger partial charge in [-0.15, -0.1) is 0 Å². The van der Waals surface area contributed by atoms with E-state index >= 15 is 0 Å². The molecular weight excluding hydrogens is 540 g/mol. The summed E-state index contributed by atoms with van der Waals surface area (Å²) in [6, 6.07) is 18.2. The highest BCUT2D eigenvalue weighted by atomic mass is 16.5. The number of hydrogen-bond donors (Lipinski definition) is 2. The van der Waals surface area contributed by atoms with E-state index in [0.29, 0.717) is 34.9 Å². The molecule has 5 rings (SSSR count). The zero-order valence-electron chi connectivity index (χ0n) is 23.4. The Morgan fingerprint density at radius 1 is 0.976 bits per heavy atom. The van der Waals surface area contributed by atoms with Crippen LogP contribution >= 0.6 is 0 Å². The molecule has 11 heteroatoms. The first kappa shape index (κ1) is 28.6. The summed E-state index contributed by atoms with van der Waals surface area (Å²) in [5, 5.41) is 5.94. The number of amides is 2. The van der Waals surface area contributed by atoms with Gasteiger partial charge in [0.1, 0.15) is 18.0 Å². The molecule has 3 aromatic carbocycles. The summed E-state index contributed by atoms with van der Waals surface area (Å²) in [6.07, 6.45) is 2.14. The number of methoxy groups -OCH3 is 2. The lowest BCUT2D eigenvalue weighted by Crippen LogP contribution is -2.40. The molecule has 11 nitrogen and oxygen atoms in total. The third-order valence-corrected chi connectivity index (χ3v) is 7.15. The summed E-state index contributed by atoms with van der Waals surface area (Å²) in [6.45, 7) is 0.847. The number of aromatic nitrogens is 2. The minimum atomic E-state index is -0.669. The zero-order valence-corrected chi connectivity index (χ0v) is 23.4. The number of nitrogens with one attached hydrogen (secondary N) is 2. The van der Waals surface area contributed by atoms with Crippen LogP contribution in [0.25, 0.3) is 16.6 Å². The molecular formula is C31H32N4O7. The number of carbonyl (C=O) groups excluding carboxylic acids is 2. The molecule has 2 N–H and O–H groups in total. The van der Waals surface area contributed by atoms with Crippen molar-refractivity contribution in [3.63, 3.8) is 0 Å². The lowest BCUT2D eigenvalue weighted by Gasteiger charge is -2.15. The first-order valence-corrected chi connectivity index (χ1v) is 13.6. The number of ether oxygens (including phenoxy) is 3. The lowest BCUT2D eigenvalue weighted by atomic mass is 10.1. The minimum absolute atomic E-state index is 0.0543. The van der Waals surface area contributed by atoms with Crippen LogP contribution in [-0.4, -0.2) is 54.4 Å². The fraction of sp³-hybridized carbons (Fsp3) is 0.290. The molecule has 218 valence electrons. The van der Waals surface area contributed by atoms with E-state index in [0.717, 1.165) is 29.6 Å². The van der Waals surface area contributed by atoms with Crippen molar-refractivity contribution in [1.29, 1.82) is 0 Å². The van der Waals surface area contributed by atoms with E-state index in [9.17, 15) is 19.2 Å². The fourth-order valence-corrected chi connectivity index (χ4v) is 4.98. The van der Waals surface area contributed by atoms with Crippen LogP contribution in [0, 0.1) is 0 Å². The van der Waals surface area contributed by atoms with Crippen molar-refractivity contribution in [3.05, 3.63) is 93.1 Å². The number of benzene rings is 3. The van der Waals surface area contributed by atoms with Crippen molar-refractivity contribution >= 4 is 28.4 Å². The molecule has 1 aliphatic heterocycles. The molecule has 2 heterocycles. The van der Waals surface area contributed by atoms with Gasteiger partial charge < -0.3 is 24.8 Å². The van der Waals surface area contributed by atoms with E-state index in [-0.39, 0.29) is 30.4 Å². The van der Waals surface area contributed by atoms with E-state index < -0.39 is 17.2 Å². The van der Waals surface area contributed by atoms with Crippen molar-refractivity contribution in [2.75, 3.05) is 32.7 Å². The number of nitrogens with zero attached hydrogens (tertiary/aromatic N) is 2. The van der Waals surface area contributed by atoms with Gasteiger partial charge in [0.2, 0.25) is 11.8 Å². The van der Waals surface area contributed by atoms with Crippen molar-refractivity contribution < 1.29 is 23.8 Å². The smallest absolute Gasteiger partial charge is 0.336 e. The Morgan fingerprint density at radius 3 is 2.48 bits per heavy atom. The predicted octanol–water partition coefficient (Wildman–Crippen LogP) is 2.65. The highest BCUT2D eigenvalue weighted by Crippen LogP contribution is 2.29. The van der Waals surface area contributed by atoms with Crippen LogP contribution in [0.4, 0.5) is 5.69 Å². The van der Waals surface area contributed by atoms with Gasteiger partial charge in [-0.2, -0.15) is 0 Å². The van der Waals surface area contributed by atoms with Crippen LogP contribution in [0.2, 0.25) is 0 Å². The Kier molecular flexibility index (Phi) is 8.68. The number of hydrogen-bond acceptors (Lipinski definition) is 7. The molecule has 0 aliphatic carbocycles. The summed E-state index contributed by atoms with van der Waals surface area (Å²) >= 11 is 0. The van der Waals surface area contributed by atoms with Gasteiger partial charge >= 0.3 is 5.69 Å². The number of rotatable bonds is 10. The molecule has 0 radical (unpaired) electrons. The Hall–Kier alpha value is -4.90. The van der Waals surface area contributed by atoms with Crippen molar-refractivity contribution in [2.24, 2.45) is 0 Å². The first-order chi connectivity index (χ1) is 20.4. The van der Waals surface area contributed by atoms with E-state index in [1.54, 1.807) is 66.7 Å². The standard InChI is InChI=1S/C31H32N4O7/c1-40-22-13-14-25(27(17-22)41-2)33-29(37)19-34-26-8-4-3-7-24(26)30(38)35(31(34)39)21-11-9-20(10-12-21)16-28(36)32-18-23-6-5-15-42-23/h3-4,7-14,17,23H,5-6,15-16,18-19H2,1-2H3,(H,32,36)(H,33,37). The topological polar surface area (TPSA) is 130 Å². The minimum Gasteiger partial charge on any atom is -0.497 e. The Bertz CT molecular complexity index is 1720. The zero-order chi connectivity index (χ0) is 29.6. The van der Waals surface area contributed by atoms with Gasteiger partial charge in [-0.1, -0.05) is 24.3 Å². The lowest BCUT2D eigenvalue weighted by molar-refractivity contribution is -0.121. The predicted molar refractivity (Wildman–Crippen MR) is 158 cm³/mol. The molecule has 0 spiro atoms.